The normalized spacial score (nSPS) is 10.1. The van der Waals surface area contributed by atoms with Crippen molar-refractivity contribution in [2.45, 2.75) is 6.54 Å². The minimum Gasteiger partial charge on any atom is -0.495 e. The lowest BCUT2D eigenvalue weighted by Gasteiger charge is -2.07. The van der Waals surface area contributed by atoms with Gasteiger partial charge in [-0.15, -0.1) is 0 Å². The number of amides is 1. The van der Waals surface area contributed by atoms with E-state index >= 15 is 0 Å². The van der Waals surface area contributed by atoms with E-state index in [2.05, 4.69) is 5.32 Å². The Bertz CT molecular complexity index is 535. The first kappa shape index (κ1) is 12.0. The summed E-state index contributed by atoms with van der Waals surface area (Å²) in [6.07, 6.45) is 1.46. The standard InChI is InChI=1S/C13H14N2O3/c1-17-11-5-4-9(7-10(11)14)8-15-13(16)12-3-2-6-18-12/h2-7H,8,14H2,1H3,(H,15,16). The van der Waals surface area contributed by atoms with Crippen LogP contribution < -0.4 is 15.8 Å². The highest BCUT2D eigenvalue weighted by atomic mass is 16.5. The number of nitrogen functional groups attached to an aromatic ring is 1. The van der Waals surface area contributed by atoms with E-state index in [-0.39, 0.29) is 11.7 Å². The fourth-order valence-electron chi connectivity index (χ4n) is 1.57. The molecule has 5 heteroatoms. The number of furan rings is 1. The lowest BCUT2D eigenvalue weighted by molar-refractivity contribution is 0.0923. The van der Waals surface area contributed by atoms with Crippen LogP contribution in [-0.2, 0) is 6.54 Å². The number of nitrogens with two attached hydrogens (primary N) is 1. The molecule has 1 amide bonds. The zero-order valence-electron chi connectivity index (χ0n) is 9.97. The van der Waals surface area contributed by atoms with Crippen LogP contribution in [0.1, 0.15) is 16.1 Å². The van der Waals surface area contributed by atoms with Crippen LogP contribution >= 0.6 is 0 Å². The highest BCUT2D eigenvalue weighted by molar-refractivity contribution is 5.91. The van der Waals surface area contributed by atoms with Gasteiger partial charge >= 0.3 is 0 Å². The van der Waals surface area contributed by atoms with Crippen LogP contribution in [0.3, 0.4) is 0 Å². The van der Waals surface area contributed by atoms with E-state index in [0.717, 1.165) is 5.56 Å². The molecule has 2 aromatic rings. The van der Waals surface area contributed by atoms with Crippen molar-refractivity contribution in [2.24, 2.45) is 0 Å². The molecule has 0 spiro atoms. The Hall–Kier alpha value is -2.43. The Balaban J connectivity index is 1.98. The third-order valence-electron chi connectivity index (χ3n) is 2.49. The van der Waals surface area contributed by atoms with Crippen LogP contribution in [0.5, 0.6) is 5.75 Å². The summed E-state index contributed by atoms with van der Waals surface area (Å²) in [6, 6.07) is 8.65. The molecule has 0 saturated heterocycles. The molecule has 0 aliphatic heterocycles. The molecule has 0 aliphatic rings. The summed E-state index contributed by atoms with van der Waals surface area (Å²) in [7, 11) is 1.56. The van der Waals surface area contributed by atoms with Gasteiger partial charge in [-0.25, -0.2) is 0 Å². The van der Waals surface area contributed by atoms with Crippen molar-refractivity contribution in [1.29, 1.82) is 0 Å². The monoisotopic (exact) mass is 246 g/mol. The number of nitrogens with one attached hydrogen (secondary N) is 1. The average molecular weight is 246 g/mol. The van der Waals surface area contributed by atoms with Crippen molar-refractivity contribution < 1.29 is 13.9 Å². The predicted molar refractivity (Wildman–Crippen MR) is 67.3 cm³/mol. The number of carbonyl (C=O) groups is 1. The van der Waals surface area contributed by atoms with Gasteiger partial charge in [0.25, 0.3) is 5.91 Å². The molecule has 0 atom stereocenters. The third kappa shape index (κ3) is 2.63. The van der Waals surface area contributed by atoms with Gasteiger partial charge in [0.1, 0.15) is 5.75 Å². The highest BCUT2D eigenvalue weighted by Crippen LogP contribution is 2.21. The number of anilines is 1. The fourth-order valence-corrected chi connectivity index (χ4v) is 1.57. The molecule has 0 aliphatic carbocycles. The largest absolute Gasteiger partial charge is 0.495 e. The predicted octanol–water partition coefficient (Wildman–Crippen LogP) is 1.80. The number of carbonyl (C=O) groups excluding carboxylic acids is 1. The molecule has 3 N–H and O–H groups in total. The van der Waals surface area contributed by atoms with Crippen LogP contribution in [0, 0.1) is 0 Å². The second-order valence-electron chi connectivity index (χ2n) is 3.74. The summed E-state index contributed by atoms with van der Waals surface area (Å²) < 4.78 is 10.0. The quantitative estimate of drug-likeness (QED) is 0.806. The number of ether oxygens (including phenoxy) is 1. The minimum absolute atomic E-state index is 0.255. The molecule has 0 bridgehead atoms. The number of hydrogen-bond donors (Lipinski definition) is 2. The molecular formula is C13H14N2O3. The van der Waals surface area contributed by atoms with Gasteiger partial charge < -0.3 is 20.2 Å². The Morgan fingerprint density at radius 3 is 2.89 bits per heavy atom. The molecular weight excluding hydrogens is 232 g/mol. The Labute approximate surface area is 105 Å². The third-order valence-corrected chi connectivity index (χ3v) is 2.49. The van der Waals surface area contributed by atoms with Crippen LogP contribution in [-0.4, -0.2) is 13.0 Å². The Morgan fingerprint density at radius 2 is 2.28 bits per heavy atom. The molecule has 0 saturated carbocycles. The SMILES string of the molecule is COc1ccc(CNC(=O)c2ccco2)cc1N. The van der Waals surface area contributed by atoms with Gasteiger partial charge in [0, 0.05) is 6.54 Å². The smallest absolute Gasteiger partial charge is 0.287 e. The molecule has 18 heavy (non-hydrogen) atoms. The second-order valence-corrected chi connectivity index (χ2v) is 3.74. The number of rotatable bonds is 4. The van der Waals surface area contributed by atoms with E-state index < -0.39 is 0 Å². The summed E-state index contributed by atoms with van der Waals surface area (Å²) >= 11 is 0. The second kappa shape index (κ2) is 5.27. The van der Waals surface area contributed by atoms with Gasteiger partial charge in [0.15, 0.2) is 5.76 Å². The van der Waals surface area contributed by atoms with E-state index in [1.165, 1.54) is 6.26 Å². The van der Waals surface area contributed by atoms with Crippen molar-refractivity contribution >= 4 is 11.6 Å². The zero-order valence-corrected chi connectivity index (χ0v) is 9.97. The van der Waals surface area contributed by atoms with Gasteiger partial charge in [-0.2, -0.15) is 0 Å². The van der Waals surface area contributed by atoms with Gasteiger partial charge in [0.2, 0.25) is 0 Å². The summed E-state index contributed by atoms with van der Waals surface area (Å²) in [6.45, 7) is 0.383. The molecule has 5 nitrogen and oxygen atoms in total. The first-order chi connectivity index (χ1) is 8.70. The van der Waals surface area contributed by atoms with Crippen LogP contribution in [0.25, 0.3) is 0 Å². The van der Waals surface area contributed by atoms with Crippen molar-refractivity contribution in [1.82, 2.24) is 5.32 Å². The van der Waals surface area contributed by atoms with Crippen LogP contribution in [0.4, 0.5) is 5.69 Å². The van der Waals surface area contributed by atoms with Crippen molar-refractivity contribution in [3.8, 4) is 5.75 Å². The molecule has 2 rings (SSSR count). The molecule has 94 valence electrons. The molecule has 1 heterocycles. The molecule has 1 aromatic heterocycles. The van der Waals surface area contributed by atoms with Gasteiger partial charge in [-0.1, -0.05) is 6.07 Å². The first-order valence-electron chi connectivity index (χ1n) is 5.45. The zero-order chi connectivity index (χ0) is 13.0. The van der Waals surface area contributed by atoms with Crippen molar-refractivity contribution in [3.63, 3.8) is 0 Å². The number of methoxy groups -OCH3 is 1. The summed E-state index contributed by atoms with van der Waals surface area (Å²) in [5, 5.41) is 2.74. The van der Waals surface area contributed by atoms with E-state index in [4.69, 9.17) is 14.9 Å². The van der Waals surface area contributed by atoms with E-state index in [9.17, 15) is 4.79 Å². The van der Waals surface area contributed by atoms with Crippen LogP contribution in [0.15, 0.2) is 41.0 Å². The lowest BCUT2D eigenvalue weighted by atomic mass is 10.2. The van der Waals surface area contributed by atoms with Crippen molar-refractivity contribution in [3.05, 3.63) is 47.9 Å². The Kier molecular flexibility index (Phi) is 3.52. The first-order valence-corrected chi connectivity index (χ1v) is 5.45. The van der Waals surface area contributed by atoms with E-state index in [1.54, 1.807) is 31.4 Å². The summed E-state index contributed by atoms with van der Waals surface area (Å²) in [5.74, 6) is 0.655. The number of hydrogen-bond acceptors (Lipinski definition) is 4. The van der Waals surface area contributed by atoms with Gasteiger partial charge in [0.05, 0.1) is 19.1 Å². The summed E-state index contributed by atoms with van der Waals surface area (Å²) in [4.78, 5) is 11.6. The topological polar surface area (TPSA) is 77.5 Å². The maximum Gasteiger partial charge on any atom is 0.287 e. The van der Waals surface area contributed by atoms with Crippen molar-refractivity contribution in [2.75, 3.05) is 12.8 Å². The minimum atomic E-state index is -0.255. The average Bonchev–Trinajstić information content (AvgIpc) is 2.90. The summed E-state index contributed by atoms with van der Waals surface area (Å²) in [5.41, 5.74) is 7.22. The van der Waals surface area contributed by atoms with E-state index in [1.807, 2.05) is 6.07 Å². The fraction of sp³-hybridized carbons (Fsp3) is 0.154. The van der Waals surface area contributed by atoms with E-state index in [0.29, 0.717) is 18.0 Å². The van der Waals surface area contributed by atoms with Gasteiger partial charge in [-0.05, 0) is 29.8 Å². The molecule has 0 unspecified atom stereocenters. The molecule has 1 aromatic carbocycles. The maximum absolute atomic E-state index is 11.6. The number of benzene rings is 1. The highest BCUT2D eigenvalue weighted by Gasteiger charge is 2.08. The maximum atomic E-state index is 11.6. The molecule has 0 radical (unpaired) electrons. The lowest BCUT2D eigenvalue weighted by Crippen LogP contribution is -2.22. The van der Waals surface area contributed by atoms with Gasteiger partial charge in [-0.3, -0.25) is 4.79 Å². The Morgan fingerprint density at radius 1 is 1.44 bits per heavy atom. The molecule has 0 fully saturated rings. The van der Waals surface area contributed by atoms with Crippen LogP contribution in [0.2, 0.25) is 0 Å².